The lowest BCUT2D eigenvalue weighted by molar-refractivity contribution is -0.137. The van der Waals surface area contributed by atoms with Gasteiger partial charge in [0.2, 0.25) is 5.03 Å². The molecule has 0 aliphatic carbocycles. The average Bonchev–Trinajstić information content (AvgIpc) is 3.14. The van der Waals surface area contributed by atoms with Crippen LogP contribution in [0.4, 0.5) is 4.79 Å². The van der Waals surface area contributed by atoms with Crippen LogP contribution in [0.15, 0.2) is 11.2 Å². The van der Waals surface area contributed by atoms with Crippen LogP contribution in [0.3, 0.4) is 0 Å². The lowest BCUT2D eigenvalue weighted by Gasteiger charge is -2.27. The molecule has 0 saturated carbocycles. The van der Waals surface area contributed by atoms with Crippen LogP contribution in [-0.4, -0.2) is 79.1 Å². The van der Waals surface area contributed by atoms with E-state index in [1.807, 2.05) is 0 Å². The molecule has 11 nitrogen and oxygen atoms in total. The van der Waals surface area contributed by atoms with Gasteiger partial charge in [0.1, 0.15) is 5.60 Å². The third kappa shape index (κ3) is 5.15. The Kier molecular flexibility index (Phi) is 6.45. The average molecular weight is 405 g/mol. The molecule has 1 aromatic rings. The Hall–Kier alpha value is -1.76. The van der Waals surface area contributed by atoms with Crippen LogP contribution in [0.2, 0.25) is 0 Å². The number of ether oxygens (including phenoxy) is 3. The number of nitrogens with one attached hydrogen (secondary N) is 1. The summed E-state index contributed by atoms with van der Waals surface area (Å²) < 4.78 is 44.1. The zero-order chi connectivity index (χ0) is 20.4. The molecule has 0 radical (unpaired) electrons. The van der Waals surface area contributed by atoms with Crippen LogP contribution in [0.25, 0.3) is 0 Å². The number of hydrogen-bond donors (Lipinski definition) is 1. The summed E-state index contributed by atoms with van der Waals surface area (Å²) in [6.07, 6.45) is -0.0162. The summed E-state index contributed by atoms with van der Waals surface area (Å²) in [7, 11) is 0.626. The number of rotatable bonds is 6. The summed E-state index contributed by atoms with van der Waals surface area (Å²) in [5.74, 6) is -0.432. The van der Waals surface area contributed by atoms with E-state index in [1.54, 1.807) is 27.8 Å². The Morgan fingerprint density at radius 1 is 1.30 bits per heavy atom. The highest BCUT2D eigenvalue weighted by molar-refractivity contribution is 7.89. The van der Waals surface area contributed by atoms with Crippen molar-refractivity contribution in [3.05, 3.63) is 6.20 Å². The highest BCUT2D eigenvalue weighted by Crippen LogP contribution is 2.27. The van der Waals surface area contributed by atoms with E-state index in [9.17, 15) is 13.2 Å². The van der Waals surface area contributed by atoms with Crippen molar-refractivity contribution in [2.45, 2.75) is 43.7 Å². The molecule has 1 saturated heterocycles. The molecule has 12 heteroatoms. The Morgan fingerprint density at radius 2 is 1.93 bits per heavy atom. The van der Waals surface area contributed by atoms with E-state index in [-0.39, 0.29) is 18.1 Å². The van der Waals surface area contributed by atoms with Gasteiger partial charge in [0.15, 0.2) is 6.29 Å². The smallest absolute Gasteiger partial charge is 0.407 e. The number of nitrogens with zero attached hydrogens (tertiary/aromatic N) is 4. The second kappa shape index (κ2) is 8.09. The molecule has 27 heavy (non-hydrogen) atoms. The Morgan fingerprint density at radius 3 is 2.41 bits per heavy atom. The third-order valence-corrected chi connectivity index (χ3v) is 5.73. The van der Waals surface area contributed by atoms with Crippen molar-refractivity contribution in [3.63, 3.8) is 0 Å². The Bertz CT molecular complexity index is 755. The maximum atomic E-state index is 12.8. The lowest BCUT2D eigenvalue weighted by Crippen LogP contribution is -2.47. The number of carbonyl (C=O) groups excluding carboxylic acids is 1. The Balaban J connectivity index is 2.22. The van der Waals surface area contributed by atoms with Gasteiger partial charge in [-0.3, -0.25) is 4.68 Å². The van der Waals surface area contributed by atoms with Crippen LogP contribution in [0, 0.1) is 5.92 Å². The summed E-state index contributed by atoms with van der Waals surface area (Å²) in [5, 5.41) is 9.92. The van der Waals surface area contributed by atoms with Crippen LogP contribution in [0.1, 0.15) is 20.8 Å². The van der Waals surface area contributed by atoms with Gasteiger partial charge in [-0.2, -0.15) is 4.31 Å². The molecule has 1 aromatic heterocycles. The summed E-state index contributed by atoms with van der Waals surface area (Å²) in [5.41, 5.74) is -0.675. The molecule has 1 fully saturated rings. The molecule has 1 aliphatic rings. The van der Waals surface area contributed by atoms with Crippen LogP contribution in [0.5, 0.6) is 0 Å². The SMILES string of the molecule is COC(OC)[C@@H]1CN(S(=O)(=O)c2cn(C)nn2)C[C@@H]1NC(=O)OC(C)(C)C. The largest absolute Gasteiger partial charge is 0.444 e. The normalized spacial score (nSPS) is 21.6. The molecule has 0 bridgehead atoms. The second-order valence-electron chi connectivity index (χ2n) is 7.31. The first-order chi connectivity index (χ1) is 12.5. The maximum absolute atomic E-state index is 12.8. The van der Waals surface area contributed by atoms with Gasteiger partial charge in [-0.1, -0.05) is 5.21 Å². The van der Waals surface area contributed by atoms with Crippen LogP contribution in [-0.2, 0) is 31.3 Å². The monoisotopic (exact) mass is 405 g/mol. The fraction of sp³-hybridized carbons (Fsp3) is 0.800. The number of methoxy groups -OCH3 is 2. The van der Waals surface area contributed by atoms with Crippen molar-refractivity contribution in [3.8, 4) is 0 Å². The second-order valence-corrected chi connectivity index (χ2v) is 9.19. The van der Waals surface area contributed by atoms with Gasteiger partial charge in [-0.15, -0.1) is 5.10 Å². The van der Waals surface area contributed by atoms with E-state index in [0.717, 1.165) is 0 Å². The number of aryl methyl sites for hydroxylation is 1. The molecule has 2 atom stereocenters. The van der Waals surface area contributed by atoms with Crippen LogP contribution < -0.4 is 5.32 Å². The number of amides is 1. The van der Waals surface area contributed by atoms with E-state index < -0.39 is 40.0 Å². The van der Waals surface area contributed by atoms with E-state index in [4.69, 9.17) is 14.2 Å². The molecule has 1 N–H and O–H groups in total. The molecule has 2 rings (SSSR count). The molecule has 154 valence electrons. The van der Waals surface area contributed by atoms with Crippen molar-refractivity contribution in [2.24, 2.45) is 13.0 Å². The van der Waals surface area contributed by atoms with Gasteiger partial charge in [0, 0.05) is 40.3 Å². The molecule has 0 aromatic carbocycles. The van der Waals surface area contributed by atoms with Gasteiger partial charge in [0.05, 0.1) is 12.2 Å². The van der Waals surface area contributed by atoms with Crippen molar-refractivity contribution in [2.75, 3.05) is 27.3 Å². The summed E-state index contributed by atoms with van der Waals surface area (Å²) >= 11 is 0. The topological polar surface area (TPSA) is 125 Å². The third-order valence-electron chi connectivity index (χ3n) is 4.03. The number of aromatic nitrogens is 3. The Labute approximate surface area is 159 Å². The number of carbonyl (C=O) groups is 1. The van der Waals surface area contributed by atoms with Gasteiger partial charge in [-0.25, -0.2) is 13.2 Å². The minimum absolute atomic E-state index is 0.0338. The van der Waals surface area contributed by atoms with Crippen LogP contribution >= 0.6 is 0 Å². The standard InChI is InChI=1S/C15H27N5O6S/c1-15(2,3)26-14(21)16-11-8-20(7-10(11)13(24-5)25-6)27(22,23)12-9-19(4)18-17-12/h9-11,13H,7-8H2,1-6H3,(H,16,21)/t10-,11+/m1/s1. The minimum Gasteiger partial charge on any atom is -0.444 e. The van der Waals surface area contributed by atoms with E-state index in [0.29, 0.717) is 0 Å². The van der Waals surface area contributed by atoms with E-state index in [1.165, 1.54) is 29.4 Å². The zero-order valence-electron chi connectivity index (χ0n) is 16.4. The molecule has 1 amide bonds. The van der Waals surface area contributed by atoms with Gasteiger partial charge < -0.3 is 19.5 Å². The van der Waals surface area contributed by atoms with Gasteiger partial charge in [0.25, 0.3) is 10.0 Å². The molecular weight excluding hydrogens is 378 g/mol. The zero-order valence-corrected chi connectivity index (χ0v) is 17.2. The molecule has 0 spiro atoms. The first kappa shape index (κ1) is 21.5. The fourth-order valence-corrected chi connectivity index (χ4v) is 4.31. The van der Waals surface area contributed by atoms with Crippen molar-refractivity contribution in [1.82, 2.24) is 24.6 Å². The molecular formula is C15H27N5O6S. The highest BCUT2D eigenvalue weighted by Gasteiger charge is 2.45. The fourth-order valence-electron chi connectivity index (χ4n) is 2.90. The van der Waals surface area contributed by atoms with E-state index in [2.05, 4.69) is 15.6 Å². The van der Waals surface area contributed by atoms with Gasteiger partial charge in [-0.05, 0) is 20.8 Å². The lowest BCUT2D eigenvalue weighted by atomic mass is 10.0. The number of alkyl carbamates (subject to hydrolysis) is 1. The summed E-state index contributed by atoms with van der Waals surface area (Å²) in [6.45, 7) is 5.36. The maximum Gasteiger partial charge on any atom is 0.407 e. The number of sulfonamides is 1. The number of hydrogen-bond acceptors (Lipinski definition) is 8. The first-order valence-corrected chi connectivity index (χ1v) is 9.83. The quantitative estimate of drug-likeness (QED) is 0.653. The van der Waals surface area contributed by atoms with E-state index >= 15 is 0 Å². The van der Waals surface area contributed by atoms with Crippen molar-refractivity contribution >= 4 is 16.1 Å². The summed E-state index contributed by atoms with van der Waals surface area (Å²) in [6, 6.07) is -0.559. The predicted octanol–water partition coefficient (Wildman–Crippen LogP) is -0.0522. The van der Waals surface area contributed by atoms with Crippen molar-refractivity contribution in [1.29, 1.82) is 0 Å². The molecule has 1 aliphatic heterocycles. The van der Waals surface area contributed by atoms with Gasteiger partial charge >= 0.3 is 6.09 Å². The summed E-state index contributed by atoms with van der Waals surface area (Å²) in [4.78, 5) is 12.2. The van der Waals surface area contributed by atoms with Crippen molar-refractivity contribution < 1.29 is 27.4 Å². The predicted molar refractivity (Wildman–Crippen MR) is 94.2 cm³/mol. The minimum atomic E-state index is -3.87. The first-order valence-electron chi connectivity index (χ1n) is 8.39. The molecule has 0 unspecified atom stereocenters. The highest BCUT2D eigenvalue weighted by atomic mass is 32.2. The molecule has 2 heterocycles.